The molecular weight excluding hydrogens is 332 g/mol. The maximum Gasteiger partial charge on any atom is 0.349 e. The number of benzene rings is 2. The van der Waals surface area contributed by atoms with Crippen molar-refractivity contribution in [1.29, 1.82) is 0 Å². The summed E-state index contributed by atoms with van der Waals surface area (Å²) in [5, 5.41) is 1.30. The van der Waals surface area contributed by atoms with Crippen molar-refractivity contribution in [2.45, 2.75) is 6.92 Å². The van der Waals surface area contributed by atoms with Crippen molar-refractivity contribution in [1.82, 2.24) is 0 Å². The van der Waals surface area contributed by atoms with Crippen molar-refractivity contribution >= 4 is 28.5 Å². The topological polar surface area (TPSA) is 65.7 Å². The van der Waals surface area contributed by atoms with Crippen LogP contribution in [-0.4, -0.2) is 12.6 Å². The molecule has 0 aliphatic rings. The fourth-order valence-electron chi connectivity index (χ4n) is 2.23. The lowest BCUT2D eigenvalue weighted by molar-refractivity contribution is -0.136. The molecule has 5 nitrogen and oxygen atoms in total. The Hall–Kier alpha value is -2.79. The molecule has 122 valence electrons. The molecule has 0 aliphatic carbocycles. The number of esters is 1. The number of hydrogen-bond donors (Lipinski definition) is 0. The summed E-state index contributed by atoms with van der Waals surface area (Å²) in [5.41, 5.74) is 0.706. The molecule has 0 atom stereocenters. The Morgan fingerprint density at radius 3 is 2.75 bits per heavy atom. The maximum absolute atomic E-state index is 11.9. The minimum atomic E-state index is -0.579. The van der Waals surface area contributed by atoms with Crippen LogP contribution >= 0.6 is 11.6 Å². The van der Waals surface area contributed by atoms with Crippen LogP contribution in [0, 0.1) is 6.92 Å². The predicted molar refractivity (Wildman–Crippen MR) is 89.8 cm³/mol. The van der Waals surface area contributed by atoms with Gasteiger partial charge in [0.05, 0.1) is 0 Å². The molecule has 0 bridgehead atoms. The highest BCUT2D eigenvalue weighted by Crippen LogP contribution is 2.22. The SMILES string of the molecule is Cc1cc(=O)oc2cc(OC(=O)COc3cccc(Cl)c3)ccc12. The van der Waals surface area contributed by atoms with Gasteiger partial charge in [0, 0.05) is 22.5 Å². The fourth-order valence-corrected chi connectivity index (χ4v) is 2.41. The van der Waals surface area contributed by atoms with E-state index in [1.807, 2.05) is 6.92 Å². The molecule has 0 aliphatic heterocycles. The molecule has 6 heteroatoms. The van der Waals surface area contributed by atoms with E-state index in [-0.39, 0.29) is 12.4 Å². The van der Waals surface area contributed by atoms with Crippen LogP contribution < -0.4 is 15.1 Å². The fraction of sp³-hybridized carbons (Fsp3) is 0.111. The monoisotopic (exact) mass is 344 g/mol. The first-order chi connectivity index (χ1) is 11.5. The average Bonchev–Trinajstić information content (AvgIpc) is 2.52. The summed E-state index contributed by atoms with van der Waals surface area (Å²) in [6.45, 7) is 1.54. The highest BCUT2D eigenvalue weighted by atomic mass is 35.5. The molecule has 1 aromatic heterocycles. The van der Waals surface area contributed by atoms with E-state index >= 15 is 0 Å². The van der Waals surface area contributed by atoms with Gasteiger partial charge < -0.3 is 13.9 Å². The molecule has 0 amide bonds. The zero-order chi connectivity index (χ0) is 17.1. The second kappa shape index (κ2) is 6.76. The summed E-state index contributed by atoms with van der Waals surface area (Å²) in [6, 6.07) is 13.0. The number of carbonyl (C=O) groups excluding carboxylic acids is 1. The van der Waals surface area contributed by atoms with Crippen LogP contribution in [0.5, 0.6) is 11.5 Å². The molecule has 1 heterocycles. The first-order valence-corrected chi connectivity index (χ1v) is 7.52. The van der Waals surface area contributed by atoms with Gasteiger partial charge in [-0.3, -0.25) is 0 Å². The summed E-state index contributed by atoms with van der Waals surface area (Å²) < 4.78 is 15.6. The summed E-state index contributed by atoms with van der Waals surface area (Å²) in [7, 11) is 0. The molecule has 3 rings (SSSR count). The summed E-state index contributed by atoms with van der Waals surface area (Å²) in [5.74, 6) is 0.167. The van der Waals surface area contributed by atoms with Crippen molar-refractivity contribution in [3.63, 3.8) is 0 Å². The Bertz CT molecular complexity index is 961. The Kier molecular flexibility index (Phi) is 4.53. The van der Waals surface area contributed by atoms with Gasteiger partial charge in [-0.2, -0.15) is 0 Å². The Morgan fingerprint density at radius 1 is 1.12 bits per heavy atom. The summed E-state index contributed by atoms with van der Waals surface area (Å²) in [6.07, 6.45) is 0. The highest BCUT2D eigenvalue weighted by Gasteiger charge is 2.09. The van der Waals surface area contributed by atoms with Crippen molar-refractivity contribution in [3.8, 4) is 11.5 Å². The molecule has 3 aromatic rings. The molecule has 0 N–H and O–H groups in total. The second-order valence-corrected chi connectivity index (χ2v) is 5.56. The van der Waals surface area contributed by atoms with Gasteiger partial charge in [-0.15, -0.1) is 0 Å². The highest BCUT2D eigenvalue weighted by molar-refractivity contribution is 6.30. The molecule has 0 saturated carbocycles. The van der Waals surface area contributed by atoms with Gasteiger partial charge in [0.1, 0.15) is 17.1 Å². The molecular formula is C18H13ClO5. The maximum atomic E-state index is 11.9. The number of ether oxygens (including phenoxy) is 2. The lowest BCUT2D eigenvalue weighted by atomic mass is 10.1. The van der Waals surface area contributed by atoms with E-state index in [9.17, 15) is 9.59 Å². The van der Waals surface area contributed by atoms with E-state index in [0.29, 0.717) is 16.4 Å². The van der Waals surface area contributed by atoms with Crippen molar-refractivity contribution in [3.05, 3.63) is 69.5 Å². The first-order valence-electron chi connectivity index (χ1n) is 7.15. The van der Waals surface area contributed by atoms with Crippen molar-refractivity contribution in [2.75, 3.05) is 6.61 Å². The number of halogens is 1. The zero-order valence-corrected chi connectivity index (χ0v) is 13.5. The first kappa shape index (κ1) is 16.1. The van der Waals surface area contributed by atoms with Gasteiger partial charge in [0.15, 0.2) is 6.61 Å². The molecule has 2 aromatic carbocycles. The van der Waals surface area contributed by atoms with Crippen LogP contribution in [0.3, 0.4) is 0 Å². The second-order valence-electron chi connectivity index (χ2n) is 5.13. The third-order valence-electron chi connectivity index (χ3n) is 3.31. The number of rotatable bonds is 4. The standard InChI is InChI=1S/C18H13ClO5/c1-11-7-17(20)24-16-9-14(5-6-15(11)16)23-18(21)10-22-13-4-2-3-12(19)8-13/h2-9H,10H2,1H3. The van der Waals surface area contributed by atoms with Crippen LogP contribution in [0.2, 0.25) is 5.02 Å². The minimum Gasteiger partial charge on any atom is -0.482 e. The van der Waals surface area contributed by atoms with Crippen LogP contribution in [0.1, 0.15) is 5.56 Å². The van der Waals surface area contributed by atoms with Crippen molar-refractivity contribution < 1.29 is 18.7 Å². The lowest BCUT2D eigenvalue weighted by Crippen LogP contribution is -2.17. The van der Waals surface area contributed by atoms with Crippen LogP contribution in [0.15, 0.2) is 57.7 Å². The Balaban J connectivity index is 1.70. The molecule has 0 fully saturated rings. The van der Waals surface area contributed by atoms with Crippen LogP contribution in [-0.2, 0) is 4.79 Å². The molecule has 0 radical (unpaired) electrons. The van der Waals surface area contributed by atoms with Gasteiger partial charge >= 0.3 is 11.6 Å². The predicted octanol–water partition coefficient (Wildman–Crippen LogP) is 3.74. The van der Waals surface area contributed by atoms with Gasteiger partial charge in [-0.25, -0.2) is 9.59 Å². The van der Waals surface area contributed by atoms with E-state index in [0.717, 1.165) is 10.9 Å². The minimum absolute atomic E-state index is 0.268. The molecule has 0 spiro atoms. The van der Waals surface area contributed by atoms with E-state index in [1.54, 1.807) is 36.4 Å². The zero-order valence-electron chi connectivity index (χ0n) is 12.7. The Labute approximate surface area is 142 Å². The van der Waals surface area contributed by atoms with Gasteiger partial charge in [-0.1, -0.05) is 17.7 Å². The smallest absolute Gasteiger partial charge is 0.349 e. The van der Waals surface area contributed by atoms with Crippen LogP contribution in [0.25, 0.3) is 11.0 Å². The van der Waals surface area contributed by atoms with Gasteiger partial charge in [0.2, 0.25) is 0 Å². The largest absolute Gasteiger partial charge is 0.482 e. The number of hydrogen-bond acceptors (Lipinski definition) is 5. The van der Waals surface area contributed by atoms with Crippen LogP contribution in [0.4, 0.5) is 0 Å². The van der Waals surface area contributed by atoms with Crippen molar-refractivity contribution in [2.24, 2.45) is 0 Å². The lowest BCUT2D eigenvalue weighted by Gasteiger charge is -2.08. The van der Waals surface area contributed by atoms with E-state index in [2.05, 4.69) is 0 Å². The average molecular weight is 345 g/mol. The normalized spacial score (nSPS) is 10.6. The molecule has 0 unspecified atom stereocenters. The molecule has 0 saturated heterocycles. The summed E-state index contributed by atoms with van der Waals surface area (Å²) in [4.78, 5) is 23.3. The third-order valence-corrected chi connectivity index (χ3v) is 3.54. The number of carbonyl (C=O) groups is 1. The molecule has 24 heavy (non-hydrogen) atoms. The number of fused-ring (bicyclic) bond motifs is 1. The van der Waals surface area contributed by atoms with Gasteiger partial charge in [-0.05, 0) is 42.8 Å². The summed E-state index contributed by atoms with van der Waals surface area (Å²) >= 11 is 5.84. The quantitative estimate of drug-likeness (QED) is 0.410. The number of aryl methyl sites for hydroxylation is 1. The van der Waals surface area contributed by atoms with E-state index < -0.39 is 11.6 Å². The Morgan fingerprint density at radius 2 is 1.96 bits per heavy atom. The third kappa shape index (κ3) is 3.75. The van der Waals surface area contributed by atoms with E-state index in [4.69, 9.17) is 25.5 Å². The van der Waals surface area contributed by atoms with E-state index in [1.165, 1.54) is 12.1 Å². The van der Waals surface area contributed by atoms with Gasteiger partial charge in [0.25, 0.3) is 0 Å².